The first-order valence-electron chi connectivity index (χ1n) is 3.89. The Morgan fingerprint density at radius 1 is 1.50 bits per heavy atom. The Morgan fingerprint density at radius 2 is 2.21 bits per heavy atom. The van der Waals surface area contributed by atoms with Crippen LogP contribution in [-0.4, -0.2) is 13.1 Å². The summed E-state index contributed by atoms with van der Waals surface area (Å²) in [5, 5.41) is 2.32. The summed E-state index contributed by atoms with van der Waals surface area (Å²) >= 11 is 7.28. The number of carbonyl (C=O) groups is 1. The van der Waals surface area contributed by atoms with Crippen LogP contribution in [0.2, 0.25) is 5.02 Å². The summed E-state index contributed by atoms with van der Waals surface area (Å²) in [6.45, 7) is 0. The summed E-state index contributed by atoms with van der Waals surface area (Å²) in [4.78, 5) is 11.6. The monoisotopic (exact) mass is 228 g/mol. The topological polar surface area (TPSA) is 26.3 Å². The van der Waals surface area contributed by atoms with Gasteiger partial charge in [-0.1, -0.05) is 35.5 Å². The SMILES string of the molecule is COC(=O)C=CSc1ccccc1Cl. The molecule has 2 nitrogen and oxygen atoms in total. The predicted molar refractivity (Wildman–Crippen MR) is 58.5 cm³/mol. The van der Waals surface area contributed by atoms with Crippen LogP contribution in [0.3, 0.4) is 0 Å². The third-order valence-corrected chi connectivity index (χ3v) is 2.76. The van der Waals surface area contributed by atoms with Gasteiger partial charge in [-0.05, 0) is 17.5 Å². The highest BCUT2D eigenvalue weighted by atomic mass is 35.5. The molecule has 0 unspecified atom stereocenters. The number of benzene rings is 1. The zero-order valence-corrected chi connectivity index (χ0v) is 9.14. The Morgan fingerprint density at radius 3 is 2.86 bits per heavy atom. The van der Waals surface area contributed by atoms with E-state index in [2.05, 4.69) is 4.74 Å². The van der Waals surface area contributed by atoms with Crippen molar-refractivity contribution in [3.63, 3.8) is 0 Å². The standard InChI is InChI=1S/C10H9ClO2S/c1-13-10(12)6-7-14-9-5-3-2-4-8(9)11/h2-7H,1H3. The van der Waals surface area contributed by atoms with Gasteiger partial charge in [0.15, 0.2) is 0 Å². The molecule has 4 heteroatoms. The molecular weight excluding hydrogens is 220 g/mol. The van der Waals surface area contributed by atoms with Crippen LogP contribution in [-0.2, 0) is 9.53 Å². The van der Waals surface area contributed by atoms with Crippen molar-refractivity contribution in [3.8, 4) is 0 Å². The molecule has 0 aromatic heterocycles. The maximum atomic E-state index is 10.7. The lowest BCUT2D eigenvalue weighted by atomic mass is 10.4. The molecule has 74 valence electrons. The van der Waals surface area contributed by atoms with E-state index in [0.717, 1.165) is 4.90 Å². The molecule has 0 saturated heterocycles. The van der Waals surface area contributed by atoms with Crippen molar-refractivity contribution in [2.45, 2.75) is 4.90 Å². The van der Waals surface area contributed by atoms with Crippen LogP contribution in [0, 0.1) is 0 Å². The third kappa shape index (κ3) is 3.44. The zero-order chi connectivity index (χ0) is 10.4. The largest absolute Gasteiger partial charge is 0.466 e. The van der Waals surface area contributed by atoms with Gasteiger partial charge in [-0.3, -0.25) is 0 Å². The average molecular weight is 229 g/mol. The van der Waals surface area contributed by atoms with Crippen molar-refractivity contribution >= 4 is 29.3 Å². The first-order chi connectivity index (χ1) is 6.74. The van der Waals surface area contributed by atoms with Crippen LogP contribution in [0.4, 0.5) is 0 Å². The summed E-state index contributed by atoms with van der Waals surface area (Å²) in [6, 6.07) is 7.43. The van der Waals surface area contributed by atoms with E-state index in [4.69, 9.17) is 11.6 Å². The van der Waals surface area contributed by atoms with Gasteiger partial charge >= 0.3 is 5.97 Å². The molecule has 0 bridgehead atoms. The minimum absolute atomic E-state index is 0.371. The molecular formula is C10H9ClO2S. The number of halogens is 1. The molecule has 0 radical (unpaired) electrons. The maximum absolute atomic E-state index is 10.7. The van der Waals surface area contributed by atoms with E-state index >= 15 is 0 Å². The average Bonchev–Trinajstić information content (AvgIpc) is 2.20. The van der Waals surface area contributed by atoms with E-state index < -0.39 is 0 Å². The minimum Gasteiger partial charge on any atom is -0.466 e. The van der Waals surface area contributed by atoms with E-state index in [-0.39, 0.29) is 5.97 Å². The van der Waals surface area contributed by atoms with Crippen LogP contribution in [0.5, 0.6) is 0 Å². The second-order valence-corrected chi connectivity index (χ2v) is 3.73. The number of ether oxygens (including phenoxy) is 1. The minimum atomic E-state index is -0.371. The molecule has 0 fully saturated rings. The normalized spacial score (nSPS) is 10.4. The fourth-order valence-electron chi connectivity index (χ4n) is 0.771. The van der Waals surface area contributed by atoms with Gasteiger partial charge in [-0.2, -0.15) is 0 Å². The first-order valence-corrected chi connectivity index (χ1v) is 5.15. The number of carbonyl (C=O) groups excluding carboxylic acids is 1. The number of thioether (sulfide) groups is 1. The van der Waals surface area contributed by atoms with E-state index in [1.165, 1.54) is 24.9 Å². The molecule has 0 amide bonds. The highest BCUT2D eigenvalue weighted by Crippen LogP contribution is 2.27. The summed E-state index contributed by atoms with van der Waals surface area (Å²) in [7, 11) is 1.34. The maximum Gasteiger partial charge on any atom is 0.330 e. The Hall–Kier alpha value is -0.930. The molecule has 0 aliphatic carbocycles. The molecule has 1 aromatic carbocycles. The Balaban J connectivity index is 2.58. The summed E-state index contributed by atoms with van der Waals surface area (Å²) < 4.78 is 4.45. The second-order valence-electron chi connectivity index (χ2n) is 2.37. The summed E-state index contributed by atoms with van der Waals surface area (Å²) in [5.74, 6) is -0.371. The molecule has 1 aromatic rings. The lowest BCUT2D eigenvalue weighted by Gasteiger charge is -1.97. The van der Waals surface area contributed by atoms with Gasteiger partial charge in [0.25, 0.3) is 0 Å². The van der Waals surface area contributed by atoms with Gasteiger partial charge in [-0.15, -0.1) is 0 Å². The number of rotatable bonds is 3. The van der Waals surface area contributed by atoms with Crippen molar-refractivity contribution in [1.29, 1.82) is 0 Å². The Kier molecular flexibility index (Phi) is 4.56. The van der Waals surface area contributed by atoms with E-state index in [9.17, 15) is 4.79 Å². The molecule has 0 N–H and O–H groups in total. The fourth-order valence-corrected chi connectivity index (χ4v) is 1.70. The zero-order valence-electron chi connectivity index (χ0n) is 7.57. The van der Waals surface area contributed by atoms with E-state index in [1.807, 2.05) is 18.2 Å². The first kappa shape index (κ1) is 11.1. The fraction of sp³-hybridized carbons (Fsp3) is 0.100. The van der Waals surface area contributed by atoms with Crippen molar-refractivity contribution < 1.29 is 9.53 Å². The van der Waals surface area contributed by atoms with Crippen molar-refractivity contribution in [3.05, 3.63) is 40.8 Å². The van der Waals surface area contributed by atoms with E-state index in [1.54, 1.807) is 11.5 Å². The molecule has 0 aliphatic rings. The van der Waals surface area contributed by atoms with Crippen LogP contribution < -0.4 is 0 Å². The smallest absolute Gasteiger partial charge is 0.330 e. The van der Waals surface area contributed by atoms with Crippen LogP contribution >= 0.6 is 23.4 Å². The van der Waals surface area contributed by atoms with Gasteiger partial charge < -0.3 is 4.74 Å². The Bertz CT molecular complexity index is 350. The van der Waals surface area contributed by atoms with Gasteiger partial charge in [0, 0.05) is 11.0 Å². The van der Waals surface area contributed by atoms with E-state index in [0.29, 0.717) is 5.02 Å². The van der Waals surface area contributed by atoms with Crippen LogP contribution in [0.25, 0.3) is 0 Å². The highest BCUT2D eigenvalue weighted by molar-refractivity contribution is 8.02. The van der Waals surface area contributed by atoms with Crippen molar-refractivity contribution in [1.82, 2.24) is 0 Å². The third-order valence-electron chi connectivity index (χ3n) is 1.44. The molecule has 0 aliphatic heterocycles. The summed E-state index contributed by atoms with van der Waals surface area (Å²) in [5.41, 5.74) is 0. The van der Waals surface area contributed by atoms with Crippen molar-refractivity contribution in [2.24, 2.45) is 0 Å². The molecule has 0 saturated carbocycles. The molecule has 0 spiro atoms. The van der Waals surface area contributed by atoms with Gasteiger partial charge in [0.05, 0.1) is 12.1 Å². The van der Waals surface area contributed by atoms with Crippen LogP contribution in [0.15, 0.2) is 40.6 Å². The second kappa shape index (κ2) is 5.73. The predicted octanol–water partition coefficient (Wildman–Crippen LogP) is 3.12. The lowest BCUT2D eigenvalue weighted by molar-refractivity contribution is -0.134. The number of hydrogen-bond acceptors (Lipinski definition) is 3. The lowest BCUT2D eigenvalue weighted by Crippen LogP contribution is -1.92. The number of hydrogen-bond donors (Lipinski definition) is 0. The highest BCUT2D eigenvalue weighted by Gasteiger charge is 1.97. The number of methoxy groups -OCH3 is 1. The van der Waals surface area contributed by atoms with Gasteiger partial charge in [-0.25, -0.2) is 4.79 Å². The van der Waals surface area contributed by atoms with Crippen LogP contribution in [0.1, 0.15) is 0 Å². The molecule has 14 heavy (non-hydrogen) atoms. The Labute approximate surface area is 91.9 Å². The number of esters is 1. The van der Waals surface area contributed by atoms with Gasteiger partial charge in [0.1, 0.15) is 0 Å². The molecule has 0 heterocycles. The summed E-state index contributed by atoms with van der Waals surface area (Å²) in [6.07, 6.45) is 1.36. The molecule has 0 atom stereocenters. The van der Waals surface area contributed by atoms with Crippen molar-refractivity contribution in [2.75, 3.05) is 7.11 Å². The quantitative estimate of drug-likeness (QED) is 0.452. The molecule has 1 rings (SSSR count). The van der Waals surface area contributed by atoms with Gasteiger partial charge in [0.2, 0.25) is 0 Å².